The van der Waals surface area contributed by atoms with E-state index >= 15 is 0 Å². The van der Waals surface area contributed by atoms with Gasteiger partial charge in [0.2, 0.25) is 0 Å². The summed E-state index contributed by atoms with van der Waals surface area (Å²) < 4.78 is 27.7. The second-order valence-corrected chi connectivity index (χ2v) is 6.95. The zero-order valence-corrected chi connectivity index (χ0v) is 10.6. The van der Waals surface area contributed by atoms with E-state index in [4.69, 9.17) is 5.73 Å². The van der Waals surface area contributed by atoms with Gasteiger partial charge in [-0.2, -0.15) is 17.0 Å². The summed E-state index contributed by atoms with van der Waals surface area (Å²) in [5.74, 6) is 0.472. The van der Waals surface area contributed by atoms with Crippen molar-refractivity contribution < 1.29 is 8.42 Å². The molecule has 0 aromatic heterocycles. The first-order chi connectivity index (χ1) is 7.50. The Bertz CT molecular complexity index is 344. The van der Waals surface area contributed by atoms with Gasteiger partial charge in [-0.15, -0.1) is 0 Å². The second-order valence-electron chi connectivity index (χ2n) is 5.02. The van der Waals surface area contributed by atoms with Crippen molar-refractivity contribution in [2.75, 3.05) is 26.2 Å². The van der Waals surface area contributed by atoms with Crippen molar-refractivity contribution in [3.8, 4) is 0 Å². The summed E-state index contributed by atoms with van der Waals surface area (Å²) >= 11 is 0. The Balaban J connectivity index is 2.06. The lowest BCUT2D eigenvalue weighted by molar-refractivity contribution is 0.263. The van der Waals surface area contributed by atoms with Crippen LogP contribution in [-0.4, -0.2) is 49.2 Å². The third-order valence-electron chi connectivity index (χ3n) is 3.46. The van der Waals surface area contributed by atoms with Crippen molar-refractivity contribution in [2.45, 2.75) is 32.2 Å². The smallest absolute Gasteiger partial charge is 0.282 e. The molecular weight excluding hydrogens is 226 g/mol. The van der Waals surface area contributed by atoms with Gasteiger partial charge in [-0.1, -0.05) is 6.92 Å². The molecule has 6 heteroatoms. The zero-order chi connectivity index (χ0) is 11.8. The van der Waals surface area contributed by atoms with E-state index in [2.05, 4.69) is 6.92 Å². The summed E-state index contributed by atoms with van der Waals surface area (Å²) in [5.41, 5.74) is 5.75. The minimum Gasteiger partial charge on any atom is -0.326 e. The van der Waals surface area contributed by atoms with Gasteiger partial charge in [-0.05, 0) is 25.2 Å². The average molecular weight is 247 g/mol. The Kier molecular flexibility index (Phi) is 3.53. The fourth-order valence-corrected chi connectivity index (χ4v) is 4.33. The van der Waals surface area contributed by atoms with Crippen molar-refractivity contribution in [1.29, 1.82) is 0 Å². The molecule has 2 N–H and O–H groups in total. The van der Waals surface area contributed by atoms with Crippen molar-refractivity contribution in [3.05, 3.63) is 0 Å². The van der Waals surface area contributed by atoms with Gasteiger partial charge in [0.05, 0.1) is 0 Å². The fourth-order valence-electron chi connectivity index (χ4n) is 2.48. The van der Waals surface area contributed by atoms with E-state index in [-0.39, 0.29) is 6.04 Å². The molecule has 2 aliphatic rings. The van der Waals surface area contributed by atoms with Crippen LogP contribution in [0.4, 0.5) is 0 Å². The monoisotopic (exact) mass is 247 g/mol. The normalized spacial score (nSPS) is 34.4. The average Bonchev–Trinajstić information content (AvgIpc) is 2.65. The molecular formula is C10H21N3O2S. The van der Waals surface area contributed by atoms with E-state index in [1.54, 1.807) is 4.31 Å². The molecule has 94 valence electrons. The molecule has 0 aromatic carbocycles. The summed E-state index contributed by atoms with van der Waals surface area (Å²) in [6.07, 6.45) is 2.88. The molecule has 2 unspecified atom stereocenters. The van der Waals surface area contributed by atoms with E-state index in [1.165, 1.54) is 4.31 Å². The lowest BCUT2D eigenvalue weighted by atomic mass is 10.0. The maximum atomic E-state index is 12.3. The summed E-state index contributed by atoms with van der Waals surface area (Å²) in [6, 6.07) is 0.0111. The molecule has 0 amide bonds. The molecule has 5 nitrogen and oxygen atoms in total. The Morgan fingerprint density at radius 2 is 1.81 bits per heavy atom. The fraction of sp³-hybridized carbons (Fsp3) is 1.00. The highest BCUT2D eigenvalue weighted by atomic mass is 32.2. The van der Waals surface area contributed by atoms with Crippen LogP contribution in [0, 0.1) is 5.92 Å². The topological polar surface area (TPSA) is 66.6 Å². The minimum absolute atomic E-state index is 0.0111. The van der Waals surface area contributed by atoms with Crippen molar-refractivity contribution in [2.24, 2.45) is 11.7 Å². The molecule has 2 rings (SSSR count). The molecule has 2 heterocycles. The SMILES string of the molecule is CC1CCCN(S(=O)(=O)N2CCC(N)C2)C1. The summed E-state index contributed by atoms with van der Waals surface area (Å²) in [7, 11) is -3.24. The third-order valence-corrected chi connectivity index (χ3v) is 5.43. The van der Waals surface area contributed by atoms with E-state index in [1.807, 2.05) is 0 Å². The van der Waals surface area contributed by atoms with Crippen LogP contribution in [0.3, 0.4) is 0 Å². The zero-order valence-electron chi connectivity index (χ0n) is 9.80. The lowest BCUT2D eigenvalue weighted by Gasteiger charge is -2.32. The first-order valence-corrected chi connectivity index (χ1v) is 7.40. The molecule has 2 saturated heterocycles. The number of hydrogen-bond acceptors (Lipinski definition) is 3. The predicted octanol–water partition coefficient (Wildman–Crippen LogP) is -0.00390. The van der Waals surface area contributed by atoms with Crippen molar-refractivity contribution in [1.82, 2.24) is 8.61 Å². The standard InChI is InChI=1S/C10H21N3O2S/c1-9-3-2-5-12(7-9)16(14,15)13-6-4-10(11)8-13/h9-10H,2-8,11H2,1H3. The number of hydrogen-bond donors (Lipinski definition) is 1. The van der Waals surface area contributed by atoms with Crippen LogP contribution in [0.15, 0.2) is 0 Å². The molecule has 0 saturated carbocycles. The second kappa shape index (κ2) is 4.60. The Labute approximate surface area is 97.8 Å². The molecule has 0 radical (unpaired) electrons. The van der Waals surface area contributed by atoms with E-state index in [0.29, 0.717) is 32.1 Å². The highest BCUT2D eigenvalue weighted by Crippen LogP contribution is 2.22. The largest absolute Gasteiger partial charge is 0.326 e. The minimum atomic E-state index is -3.24. The van der Waals surface area contributed by atoms with E-state index < -0.39 is 10.2 Å². The van der Waals surface area contributed by atoms with Gasteiger partial charge in [-0.25, -0.2) is 0 Å². The third kappa shape index (κ3) is 2.40. The highest BCUT2D eigenvalue weighted by molar-refractivity contribution is 7.86. The van der Waals surface area contributed by atoms with Gasteiger partial charge in [0, 0.05) is 32.2 Å². The van der Waals surface area contributed by atoms with Crippen LogP contribution in [0.25, 0.3) is 0 Å². The molecule has 0 aliphatic carbocycles. The van der Waals surface area contributed by atoms with Gasteiger partial charge < -0.3 is 5.73 Å². The summed E-state index contributed by atoms with van der Waals surface area (Å²) in [5, 5.41) is 0. The van der Waals surface area contributed by atoms with Crippen molar-refractivity contribution >= 4 is 10.2 Å². The highest BCUT2D eigenvalue weighted by Gasteiger charge is 2.35. The van der Waals surface area contributed by atoms with E-state index in [0.717, 1.165) is 19.3 Å². The van der Waals surface area contributed by atoms with Crippen LogP contribution in [0.5, 0.6) is 0 Å². The van der Waals surface area contributed by atoms with Crippen LogP contribution in [-0.2, 0) is 10.2 Å². The maximum Gasteiger partial charge on any atom is 0.282 e. The van der Waals surface area contributed by atoms with Crippen LogP contribution in [0.1, 0.15) is 26.2 Å². The quantitative estimate of drug-likeness (QED) is 0.746. The van der Waals surface area contributed by atoms with Crippen LogP contribution in [0.2, 0.25) is 0 Å². The molecule has 2 atom stereocenters. The van der Waals surface area contributed by atoms with Gasteiger partial charge >= 0.3 is 0 Å². The molecule has 16 heavy (non-hydrogen) atoms. The Morgan fingerprint density at radius 3 is 2.38 bits per heavy atom. The Hall–Kier alpha value is -0.170. The molecule has 2 aliphatic heterocycles. The van der Waals surface area contributed by atoms with Gasteiger partial charge in [0.15, 0.2) is 0 Å². The molecule has 2 fully saturated rings. The number of nitrogens with zero attached hydrogens (tertiary/aromatic N) is 2. The number of rotatable bonds is 2. The number of nitrogens with two attached hydrogens (primary N) is 1. The van der Waals surface area contributed by atoms with Gasteiger partial charge in [0.25, 0.3) is 10.2 Å². The first-order valence-electron chi connectivity index (χ1n) is 6.01. The molecule has 0 aromatic rings. The summed E-state index contributed by atoms with van der Waals surface area (Å²) in [4.78, 5) is 0. The number of piperidine rings is 1. The van der Waals surface area contributed by atoms with Crippen molar-refractivity contribution in [3.63, 3.8) is 0 Å². The predicted molar refractivity (Wildman–Crippen MR) is 63.1 cm³/mol. The summed E-state index contributed by atoms with van der Waals surface area (Å²) in [6.45, 7) is 4.49. The van der Waals surface area contributed by atoms with E-state index in [9.17, 15) is 8.42 Å². The van der Waals surface area contributed by atoms with Crippen LogP contribution >= 0.6 is 0 Å². The first kappa shape index (κ1) is 12.3. The lowest BCUT2D eigenvalue weighted by Crippen LogP contribution is -2.47. The molecule has 0 bridgehead atoms. The van der Waals surface area contributed by atoms with Gasteiger partial charge in [0.1, 0.15) is 0 Å². The van der Waals surface area contributed by atoms with Gasteiger partial charge in [-0.3, -0.25) is 0 Å². The van der Waals surface area contributed by atoms with Crippen LogP contribution < -0.4 is 5.73 Å². The molecule has 0 spiro atoms. The maximum absolute atomic E-state index is 12.3. The Morgan fingerprint density at radius 1 is 1.12 bits per heavy atom.